The molecule has 1 aromatic rings. The fraction of sp³-hybridized carbons (Fsp3) is 0.588. The van der Waals surface area contributed by atoms with E-state index in [-0.39, 0.29) is 17.6 Å². The molecule has 24 heavy (non-hydrogen) atoms. The molecule has 4 rings (SSSR count). The molecule has 1 heterocycles. The van der Waals surface area contributed by atoms with E-state index >= 15 is 0 Å². The molecule has 2 aliphatic carbocycles. The Kier molecular flexibility index (Phi) is 3.58. The number of hydrogen-bond donors (Lipinski definition) is 2. The second-order valence-electron chi connectivity index (χ2n) is 6.66. The van der Waals surface area contributed by atoms with E-state index in [9.17, 15) is 15.0 Å². The van der Waals surface area contributed by atoms with Gasteiger partial charge >= 0.3 is 0 Å². The zero-order valence-corrected chi connectivity index (χ0v) is 13.8. The number of benzene rings is 1. The summed E-state index contributed by atoms with van der Waals surface area (Å²) < 4.78 is 0. The van der Waals surface area contributed by atoms with E-state index in [1.807, 2.05) is 0 Å². The Balaban J connectivity index is 1.97. The number of carbonyl (C=O) groups excluding carboxylic acids is 1. The van der Waals surface area contributed by atoms with E-state index in [2.05, 4.69) is 0 Å². The number of ketones is 1. The standard InChI is InChI=1S/C17H22N2O5/c1-23-18-13-9-5-6-10-14(13)19(24-2)17(22)15(20)11-7-3-4-8-12(11)16(17,18)21/h3-4,7-8,13-14,21-22H,5-6,9-10H2,1-2H3/t13-,14+,16?,17?/m1/s1. The fourth-order valence-electron chi connectivity index (χ4n) is 4.70. The molecule has 1 saturated carbocycles. The normalized spacial score (nSPS) is 39.4. The lowest BCUT2D eigenvalue weighted by Gasteiger charge is -2.59. The zero-order chi connectivity index (χ0) is 17.1. The average molecular weight is 334 g/mol. The van der Waals surface area contributed by atoms with E-state index in [0.717, 1.165) is 25.7 Å². The second-order valence-corrected chi connectivity index (χ2v) is 6.66. The van der Waals surface area contributed by atoms with E-state index in [4.69, 9.17) is 9.68 Å². The fourth-order valence-corrected chi connectivity index (χ4v) is 4.70. The smallest absolute Gasteiger partial charge is 0.255 e. The van der Waals surface area contributed by atoms with Crippen molar-refractivity contribution in [3.8, 4) is 0 Å². The van der Waals surface area contributed by atoms with Crippen molar-refractivity contribution >= 4 is 5.78 Å². The van der Waals surface area contributed by atoms with Gasteiger partial charge in [0.25, 0.3) is 5.72 Å². The molecule has 1 aromatic carbocycles. The van der Waals surface area contributed by atoms with Gasteiger partial charge in [-0.1, -0.05) is 37.1 Å². The van der Waals surface area contributed by atoms with Gasteiger partial charge in [0, 0.05) is 11.1 Å². The molecule has 2 unspecified atom stereocenters. The third-order valence-corrected chi connectivity index (χ3v) is 5.68. The minimum atomic E-state index is -2.25. The van der Waals surface area contributed by atoms with Crippen LogP contribution in [0.4, 0.5) is 0 Å². The van der Waals surface area contributed by atoms with Gasteiger partial charge in [-0.2, -0.15) is 0 Å². The number of Topliss-reactive ketones (excluding diaryl/α,β-unsaturated/α-hetero) is 1. The maximum atomic E-state index is 13.0. The van der Waals surface area contributed by atoms with Crippen LogP contribution in [0.15, 0.2) is 24.3 Å². The number of rotatable bonds is 2. The summed E-state index contributed by atoms with van der Waals surface area (Å²) in [5.74, 6) is -0.575. The molecule has 0 bridgehead atoms. The van der Waals surface area contributed by atoms with Gasteiger partial charge in [-0.15, -0.1) is 10.1 Å². The lowest BCUT2D eigenvalue weighted by atomic mass is 9.81. The number of piperazine rings is 1. The van der Waals surface area contributed by atoms with Crippen LogP contribution in [0, 0.1) is 0 Å². The molecule has 7 heteroatoms. The first-order valence-electron chi connectivity index (χ1n) is 8.27. The minimum absolute atomic E-state index is 0.187. The summed E-state index contributed by atoms with van der Waals surface area (Å²) in [5.41, 5.74) is -3.65. The van der Waals surface area contributed by atoms with Gasteiger partial charge < -0.3 is 10.2 Å². The summed E-state index contributed by atoms with van der Waals surface area (Å²) in [6, 6.07) is 6.27. The average Bonchev–Trinajstić information content (AvgIpc) is 2.79. The Morgan fingerprint density at radius 3 is 2.12 bits per heavy atom. The van der Waals surface area contributed by atoms with Crippen molar-refractivity contribution < 1.29 is 24.7 Å². The maximum absolute atomic E-state index is 13.0. The molecule has 2 N–H and O–H groups in total. The molecule has 4 atom stereocenters. The van der Waals surface area contributed by atoms with Crippen molar-refractivity contribution in [1.82, 2.24) is 10.1 Å². The predicted octanol–water partition coefficient (Wildman–Crippen LogP) is 0.768. The molecule has 0 aromatic heterocycles. The third kappa shape index (κ3) is 1.64. The Labute approximate surface area is 140 Å². The second kappa shape index (κ2) is 5.32. The number of hydrogen-bond acceptors (Lipinski definition) is 7. The molecule has 0 spiro atoms. The van der Waals surface area contributed by atoms with Crippen molar-refractivity contribution in [1.29, 1.82) is 0 Å². The van der Waals surface area contributed by atoms with Crippen LogP contribution in [0.25, 0.3) is 0 Å². The van der Waals surface area contributed by atoms with Crippen LogP contribution in [0.1, 0.15) is 41.6 Å². The number of fused-ring (bicyclic) bond motifs is 4. The number of carbonyl (C=O) groups is 1. The molecular weight excluding hydrogens is 312 g/mol. The molecule has 3 aliphatic rings. The summed E-state index contributed by atoms with van der Waals surface area (Å²) in [7, 11) is 2.88. The van der Waals surface area contributed by atoms with E-state index in [1.54, 1.807) is 24.3 Å². The predicted molar refractivity (Wildman–Crippen MR) is 83.4 cm³/mol. The lowest BCUT2D eigenvalue weighted by molar-refractivity contribution is -0.455. The molecule has 130 valence electrons. The highest BCUT2D eigenvalue weighted by Crippen LogP contribution is 2.54. The van der Waals surface area contributed by atoms with Gasteiger partial charge in [-0.05, 0) is 12.8 Å². The molecular formula is C17H22N2O5. The van der Waals surface area contributed by atoms with Crippen LogP contribution in [0.3, 0.4) is 0 Å². The molecule has 0 radical (unpaired) electrons. The van der Waals surface area contributed by atoms with Gasteiger partial charge in [0.05, 0.1) is 26.3 Å². The van der Waals surface area contributed by atoms with Crippen molar-refractivity contribution in [2.45, 2.75) is 49.2 Å². The molecule has 0 amide bonds. The van der Waals surface area contributed by atoms with Gasteiger partial charge in [0.2, 0.25) is 11.5 Å². The molecule has 1 saturated heterocycles. The third-order valence-electron chi connectivity index (χ3n) is 5.68. The molecule has 1 aliphatic heterocycles. The number of aliphatic hydroxyl groups is 2. The maximum Gasteiger partial charge on any atom is 0.255 e. The lowest BCUT2D eigenvalue weighted by Crippen LogP contribution is -2.79. The van der Waals surface area contributed by atoms with Crippen molar-refractivity contribution in [2.24, 2.45) is 0 Å². The van der Waals surface area contributed by atoms with Gasteiger partial charge in [-0.3, -0.25) is 14.5 Å². The largest absolute Gasteiger partial charge is 0.366 e. The molecule has 2 fully saturated rings. The number of hydroxylamine groups is 4. The Hall–Kier alpha value is -1.35. The van der Waals surface area contributed by atoms with Gasteiger partial charge in [-0.25, -0.2) is 0 Å². The summed E-state index contributed by atoms with van der Waals surface area (Å²) in [6.45, 7) is 0. The Bertz CT molecular complexity index is 683. The summed E-state index contributed by atoms with van der Waals surface area (Å²) in [4.78, 5) is 24.0. The van der Waals surface area contributed by atoms with Crippen LogP contribution in [0.2, 0.25) is 0 Å². The van der Waals surface area contributed by atoms with E-state index in [0.29, 0.717) is 5.56 Å². The van der Waals surface area contributed by atoms with Crippen LogP contribution in [0.5, 0.6) is 0 Å². The van der Waals surface area contributed by atoms with E-state index in [1.165, 1.54) is 24.3 Å². The first-order valence-corrected chi connectivity index (χ1v) is 8.27. The Morgan fingerprint density at radius 1 is 1.00 bits per heavy atom. The monoisotopic (exact) mass is 334 g/mol. The van der Waals surface area contributed by atoms with Crippen molar-refractivity contribution in [3.05, 3.63) is 35.4 Å². The highest BCUT2D eigenvalue weighted by Gasteiger charge is 2.75. The summed E-state index contributed by atoms with van der Waals surface area (Å²) in [6.07, 6.45) is 3.49. The minimum Gasteiger partial charge on any atom is -0.366 e. The van der Waals surface area contributed by atoms with Gasteiger partial charge in [0.15, 0.2) is 0 Å². The number of nitrogens with zero attached hydrogens (tertiary/aromatic N) is 2. The van der Waals surface area contributed by atoms with Crippen LogP contribution < -0.4 is 0 Å². The highest BCUT2D eigenvalue weighted by atomic mass is 16.7. The summed E-state index contributed by atoms with van der Waals surface area (Å²) in [5, 5.41) is 25.7. The first kappa shape index (κ1) is 16.1. The van der Waals surface area contributed by atoms with E-state index < -0.39 is 17.2 Å². The topological polar surface area (TPSA) is 82.5 Å². The van der Waals surface area contributed by atoms with Crippen molar-refractivity contribution in [3.63, 3.8) is 0 Å². The van der Waals surface area contributed by atoms with Crippen LogP contribution >= 0.6 is 0 Å². The van der Waals surface area contributed by atoms with Crippen molar-refractivity contribution in [2.75, 3.05) is 14.2 Å². The summed E-state index contributed by atoms with van der Waals surface area (Å²) >= 11 is 0. The van der Waals surface area contributed by atoms with Crippen LogP contribution in [-0.2, 0) is 15.4 Å². The molecule has 7 nitrogen and oxygen atoms in total. The highest BCUT2D eigenvalue weighted by molar-refractivity contribution is 6.08. The SMILES string of the molecule is CON1[C@H]2CCCC[C@H]2N(OC)C2(O)c3ccccc3C(=O)C12O. The zero-order valence-electron chi connectivity index (χ0n) is 13.8. The van der Waals surface area contributed by atoms with Crippen LogP contribution in [-0.4, -0.2) is 58.2 Å². The Morgan fingerprint density at radius 2 is 1.54 bits per heavy atom. The quantitative estimate of drug-likeness (QED) is 0.826. The van der Waals surface area contributed by atoms with Gasteiger partial charge in [0.1, 0.15) is 0 Å². The first-order chi connectivity index (χ1) is 11.5.